The second kappa shape index (κ2) is 7.12. The summed E-state index contributed by atoms with van der Waals surface area (Å²) in [5.74, 6) is -0.654. The first-order valence-electron chi connectivity index (χ1n) is 7.49. The third kappa shape index (κ3) is 4.37. The van der Waals surface area contributed by atoms with Gasteiger partial charge < -0.3 is 0 Å². The molecule has 0 saturated heterocycles. The van der Waals surface area contributed by atoms with E-state index in [0.717, 1.165) is 33.7 Å². The monoisotopic (exact) mass is 383 g/mol. The van der Waals surface area contributed by atoms with Crippen molar-refractivity contribution in [2.24, 2.45) is 7.05 Å². The van der Waals surface area contributed by atoms with E-state index in [1.807, 2.05) is 19.9 Å². The van der Waals surface area contributed by atoms with Crippen LogP contribution in [0.5, 0.6) is 0 Å². The zero-order valence-corrected chi connectivity index (χ0v) is 16.7. The SMILES string of the molecule is Cc1cc(C)nc(SCC(=O)N(c2c(C)nn(C)c2C)S(C)(=O)=O)n1. The summed E-state index contributed by atoms with van der Waals surface area (Å²) in [4.78, 5) is 21.2. The number of aryl methyl sites for hydroxylation is 4. The molecule has 0 unspecified atom stereocenters. The third-order valence-corrected chi connectivity index (χ3v) is 5.40. The fourth-order valence-corrected chi connectivity index (χ4v) is 4.39. The van der Waals surface area contributed by atoms with E-state index in [9.17, 15) is 13.2 Å². The topological polar surface area (TPSA) is 98.0 Å². The number of hydrogen-bond donors (Lipinski definition) is 0. The van der Waals surface area contributed by atoms with Gasteiger partial charge in [-0.05, 0) is 33.8 Å². The van der Waals surface area contributed by atoms with Gasteiger partial charge in [0.1, 0.15) is 5.69 Å². The number of thioether (sulfide) groups is 1. The number of anilines is 1. The highest BCUT2D eigenvalue weighted by atomic mass is 32.2. The molecule has 0 aliphatic rings. The molecule has 0 saturated carbocycles. The Hall–Kier alpha value is -1.94. The smallest absolute Gasteiger partial charge is 0.251 e. The van der Waals surface area contributed by atoms with Crippen molar-refractivity contribution in [3.8, 4) is 0 Å². The maximum absolute atomic E-state index is 12.7. The van der Waals surface area contributed by atoms with E-state index < -0.39 is 15.9 Å². The van der Waals surface area contributed by atoms with Crippen molar-refractivity contribution in [1.29, 1.82) is 0 Å². The quantitative estimate of drug-likeness (QED) is 0.570. The first-order valence-corrected chi connectivity index (χ1v) is 10.3. The molecule has 0 fully saturated rings. The van der Waals surface area contributed by atoms with Gasteiger partial charge in [-0.3, -0.25) is 9.48 Å². The van der Waals surface area contributed by atoms with Crippen molar-refractivity contribution in [1.82, 2.24) is 19.7 Å². The van der Waals surface area contributed by atoms with Crippen molar-refractivity contribution < 1.29 is 13.2 Å². The molecule has 8 nitrogen and oxygen atoms in total. The van der Waals surface area contributed by atoms with E-state index in [-0.39, 0.29) is 5.75 Å². The molecule has 2 aromatic heterocycles. The van der Waals surface area contributed by atoms with Crippen LogP contribution in [-0.4, -0.2) is 46.1 Å². The van der Waals surface area contributed by atoms with Crippen LogP contribution in [0.1, 0.15) is 22.8 Å². The molecule has 2 aromatic rings. The molecule has 0 N–H and O–H groups in total. The molecule has 2 rings (SSSR count). The van der Waals surface area contributed by atoms with Crippen LogP contribution >= 0.6 is 11.8 Å². The minimum atomic E-state index is -3.79. The van der Waals surface area contributed by atoms with Crippen LogP contribution in [0.3, 0.4) is 0 Å². The van der Waals surface area contributed by atoms with E-state index in [0.29, 0.717) is 22.2 Å². The maximum atomic E-state index is 12.7. The number of aromatic nitrogens is 4. The zero-order valence-electron chi connectivity index (χ0n) is 15.1. The third-order valence-electron chi connectivity index (χ3n) is 3.52. The van der Waals surface area contributed by atoms with Gasteiger partial charge in [0, 0.05) is 18.4 Å². The lowest BCUT2D eigenvalue weighted by molar-refractivity contribution is -0.115. The predicted molar refractivity (Wildman–Crippen MR) is 97.2 cm³/mol. The zero-order chi connectivity index (χ0) is 18.9. The van der Waals surface area contributed by atoms with Gasteiger partial charge in [-0.15, -0.1) is 0 Å². The molecular weight excluding hydrogens is 362 g/mol. The summed E-state index contributed by atoms with van der Waals surface area (Å²) in [6, 6.07) is 1.83. The molecule has 0 aliphatic carbocycles. The van der Waals surface area contributed by atoms with Crippen LogP contribution in [0.25, 0.3) is 0 Å². The minimum absolute atomic E-state index is 0.0935. The molecule has 0 aliphatic heterocycles. The normalized spacial score (nSPS) is 11.6. The second-order valence-corrected chi connectivity index (χ2v) is 8.56. The Morgan fingerprint density at radius 2 is 1.76 bits per heavy atom. The Morgan fingerprint density at radius 1 is 1.20 bits per heavy atom. The number of sulfonamides is 1. The number of carbonyl (C=O) groups excluding carboxylic acids is 1. The Labute approximate surface area is 151 Å². The summed E-state index contributed by atoms with van der Waals surface area (Å²) in [6.07, 6.45) is 1.01. The van der Waals surface area contributed by atoms with Crippen molar-refractivity contribution in [2.75, 3.05) is 16.3 Å². The average molecular weight is 383 g/mol. The number of rotatable bonds is 5. The largest absolute Gasteiger partial charge is 0.272 e. The van der Waals surface area contributed by atoms with Gasteiger partial charge in [-0.2, -0.15) is 5.10 Å². The van der Waals surface area contributed by atoms with Crippen LogP contribution < -0.4 is 4.31 Å². The van der Waals surface area contributed by atoms with Gasteiger partial charge in [0.05, 0.1) is 23.4 Å². The fraction of sp³-hybridized carbons (Fsp3) is 0.467. The van der Waals surface area contributed by atoms with Gasteiger partial charge >= 0.3 is 0 Å². The summed E-state index contributed by atoms with van der Waals surface area (Å²) in [5.41, 5.74) is 2.97. The Morgan fingerprint density at radius 3 is 2.20 bits per heavy atom. The van der Waals surface area contributed by atoms with Crippen LogP contribution in [0, 0.1) is 27.7 Å². The van der Waals surface area contributed by atoms with Crippen molar-refractivity contribution in [3.63, 3.8) is 0 Å². The fourth-order valence-electron chi connectivity index (χ4n) is 2.47. The number of amides is 1. The van der Waals surface area contributed by atoms with Crippen molar-refractivity contribution in [2.45, 2.75) is 32.9 Å². The number of nitrogens with zero attached hydrogens (tertiary/aromatic N) is 5. The summed E-state index contributed by atoms with van der Waals surface area (Å²) in [5, 5.41) is 4.64. The highest BCUT2D eigenvalue weighted by Crippen LogP contribution is 2.27. The molecule has 0 bridgehead atoms. The Bertz CT molecular complexity index is 901. The minimum Gasteiger partial charge on any atom is -0.272 e. The summed E-state index contributed by atoms with van der Waals surface area (Å²) in [6.45, 7) is 7.08. The van der Waals surface area contributed by atoms with E-state index >= 15 is 0 Å². The van der Waals surface area contributed by atoms with Crippen LogP contribution in [0.4, 0.5) is 5.69 Å². The van der Waals surface area contributed by atoms with E-state index in [1.54, 1.807) is 25.6 Å². The lowest BCUT2D eigenvalue weighted by atomic mass is 10.3. The standard InChI is InChI=1S/C15H21N5O3S2/c1-9-7-10(2)17-15(16-9)24-8-13(21)20(25(6,22)23)14-11(3)18-19(5)12(14)4/h7H,8H2,1-6H3. The molecule has 2 heterocycles. The van der Waals surface area contributed by atoms with Gasteiger partial charge in [0.2, 0.25) is 10.0 Å². The summed E-state index contributed by atoms with van der Waals surface area (Å²) >= 11 is 1.11. The average Bonchev–Trinajstić information content (AvgIpc) is 2.69. The molecule has 136 valence electrons. The molecular formula is C15H21N5O3S2. The lowest BCUT2D eigenvalue weighted by Gasteiger charge is -2.20. The van der Waals surface area contributed by atoms with Gasteiger partial charge in [-0.25, -0.2) is 22.7 Å². The first-order chi connectivity index (χ1) is 11.5. The molecule has 0 spiro atoms. The summed E-state index contributed by atoms with van der Waals surface area (Å²) in [7, 11) is -2.09. The number of hydrogen-bond acceptors (Lipinski definition) is 7. The highest BCUT2D eigenvalue weighted by molar-refractivity contribution is 8.00. The van der Waals surface area contributed by atoms with E-state index in [2.05, 4.69) is 15.1 Å². The Kier molecular flexibility index (Phi) is 5.52. The molecule has 0 atom stereocenters. The predicted octanol–water partition coefficient (Wildman–Crippen LogP) is 1.53. The van der Waals surface area contributed by atoms with Gasteiger partial charge in [-0.1, -0.05) is 11.8 Å². The van der Waals surface area contributed by atoms with Crippen LogP contribution in [0.15, 0.2) is 11.2 Å². The first kappa shape index (κ1) is 19.4. The number of carbonyl (C=O) groups is 1. The molecule has 0 radical (unpaired) electrons. The molecule has 1 amide bonds. The second-order valence-electron chi connectivity index (χ2n) is 5.79. The van der Waals surface area contributed by atoms with E-state index in [4.69, 9.17) is 0 Å². The Balaban J connectivity index is 2.31. The van der Waals surface area contributed by atoms with Crippen molar-refractivity contribution in [3.05, 3.63) is 28.8 Å². The highest BCUT2D eigenvalue weighted by Gasteiger charge is 2.30. The van der Waals surface area contributed by atoms with Crippen molar-refractivity contribution >= 4 is 33.4 Å². The molecule has 10 heteroatoms. The van der Waals surface area contributed by atoms with E-state index in [1.165, 1.54) is 0 Å². The van der Waals surface area contributed by atoms with Gasteiger partial charge in [0.25, 0.3) is 5.91 Å². The summed E-state index contributed by atoms with van der Waals surface area (Å²) < 4.78 is 26.8. The molecule has 25 heavy (non-hydrogen) atoms. The van der Waals surface area contributed by atoms with Crippen LogP contribution in [-0.2, 0) is 21.9 Å². The molecule has 0 aromatic carbocycles. The van der Waals surface area contributed by atoms with Gasteiger partial charge in [0.15, 0.2) is 5.16 Å². The lowest BCUT2D eigenvalue weighted by Crippen LogP contribution is -2.38. The maximum Gasteiger partial charge on any atom is 0.251 e. The van der Waals surface area contributed by atoms with Crippen LogP contribution in [0.2, 0.25) is 0 Å².